The van der Waals surface area contributed by atoms with E-state index in [1.807, 2.05) is 71.7 Å². The Morgan fingerprint density at radius 2 is 1.62 bits per heavy atom. The minimum absolute atomic E-state index is 0.0523. The third-order valence-electron chi connectivity index (χ3n) is 8.92. The van der Waals surface area contributed by atoms with Crippen molar-refractivity contribution in [2.24, 2.45) is 13.0 Å². The Labute approximate surface area is 319 Å². The number of Topliss-reactive ketones (excluding diaryl/α,β-unsaturated/α-hetero) is 1. The Morgan fingerprint density at radius 3 is 2.25 bits per heavy atom. The van der Waals surface area contributed by atoms with Gasteiger partial charge in [0.15, 0.2) is 5.78 Å². The van der Waals surface area contributed by atoms with Crippen molar-refractivity contribution in [3.8, 4) is 0 Å². The van der Waals surface area contributed by atoms with Crippen LogP contribution in [0.2, 0.25) is 0 Å². The van der Waals surface area contributed by atoms with Crippen molar-refractivity contribution >= 4 is 40.6 Å². The molecule has 0 fully saturated rings. The number of aromatic nitrogens is 4. The average Bonchev–Trinajstić information content (AvgIpc) is 3.93. The number of ketones is 1. The van der Waals surface area contributed by atoms with Gasteiger partial charge in [-0.15, -0.1) is 22.7 Å². The molecule has 2 N–H and O–H groups in total. The largest absolute Gasteiger partial charge is 0.444 e. The Hall–Kier alpha value is -4.88. The first kappa shape index (κ1) is 39.3. The van der Waals surface area contributed by atoms with Gasteiger partial charge in [0.2, 0.25) is 0 Å². The van der Waals surface area contributed by atoms with Crippen LogP contribution in [0.1, 0.15) is 71.4 Å². The molecule has 0 saturated heterocycles. The van der Waals surface area contributed by atoms with Gasteiger partial charge in [-0.3, -0.25) is 9.78 Å². The number of ether oxygens (including phenoxy) is 1. The van der Waals surface area contributed by atoms with Crippen molar-refractivity contribution in [1.29, 1.82) is 0 Å². The minimum atomic E-state index is -0.778. The molecular formula is C40H49N7O4S2. The van der Waals surface area contributed by atoms with Gasteiger partial charge < -0.3 is 24.8 Å². The first-order valence-electron chi connectivity index (χ1n) is 17.9. The van der Waals surface area contributed by atoms with Crippen LogP contribution in [0.25, 0.3) is 0 Å². The van der Waals surface area contributed by atoms with Gasteiger partial charge in [-0.05, 0) is 42.7 Å². The smallest absolute Gasteiger partial charge is 0.407 e. The Morgan fingerprint density at radius 1 is 0.906 bits per heavy atom. The maximum absolute atomic E-state index is 14.3. The molecule has 0 radical (unpaired) electrons. The van der Waals surface area contributed by atoms with Gasteiger partial charge in [-0.25, -0.2) is 19.6 Å². The maximum Gasteiger partial charge on any atom is 0.407 e. The van der Waals surface area contributed by atoms with E-state index in [2.05, 4.69) is 51.6 Å². The van der Waals surface area contributed by atoms with Gasteiger partial charge >= 0.3 is 12.1 Å². The fraction of sp³-hybridized carbons (Fsp3) is 0.400. The van der Waals surface area contributed by atoms with Crippen molar-refractivity contribution < 1.29 is 19.1 Å². The quantitative estimate of drug-likeness (QED) is 0.0902. The summed E-state index contributed by atoms with van der Waals surface area (Å²) in [5, 5.41) is 9.11. The molecule has 5 aromatic rings. The molecule has 0 unspecified atom stereocenters. The summed E-state index contributed by atoms with van der Waals surface area (Å²) in [5.41, 5.74) is 5.46. The maximum atomic E-state index is 14.3. The summed E-state index contributed by atoms with van der Waals surface area (Å²) >= 11 is 3.02. The molecule has 3 amide bonds. The number of nitrogens with zero attached hydrogens (tertiary/aromatic N) is 5. The second kappa shape index (κ2) is 19.8. The first-order chi connectivity index (χ1) is 25.6. The van der Waals surface area contributed by atoms with E-state index in [1.54, 1.807) is 41.3 Å². The predicted molar refractivity (Wildman–Crippen MR) is 209 cm³/mol. The van der Waals surface area contributed by atoms with E-state index in [9.17, 15) is 14.4 Å². The number of carbonyl (C=O) groups excluding carboxylic acids is 3. The zero-order valence-corrected chi connectivity index (χ0v) is 32.4. The number of nitrogens with one attached hydrogen (secondary N) is 2. The first-order valence-corrected chi connectivity index (χ1v) is 19.7. The van der Waals surface area contributed by atoms with Crippen molar-refractivity contribution in [3.63, 3.8) is 0 Å². The fourth-order valence-electron chi connectivity index (χ4n) is 6.13. The van der Waals surface area contributed by atoms with Gasteiger partial charge in [0.05, 0.1) is 45.7 Å². The SMILES string of the molecule is CC(C)c1nc(CN(C)C(=O)N[C@@H](Cc2cn(C)cn2)C(=O)C[C@H](CC[C@H](Cc2ccccc2)NC(=O)OCc2cncs2)Cc2ccccc2)cs1. The highest BCUT2D eigenvalue weighted by atomic mass is 32.1. The van der Waals surface area contributed by atoms with Crippen molar-refractivity contribution in [2.75, 3.05) is 7.05 Å². The monoisotopic (exact) mass is 755 g/mol. The highest BCUT2D eigenvalue weighted by molar-refractivity contribution is 7.09. The molecule has 0 aliphatic carbocycles. The minimum Gasteiger partial charge on any atom is -0.444 e. The second-order valence-corrected chi connectivity index (χ2v) is 15.7. The summed E-state index contributed by atoms with van der Waals surface area (Å²) < 4.78 is 7.36. The molecule has 0 bridgehead atoms. The lowest BCUT2D eigenvalue weighted by molar-refractivity contribution is -0.121. The van der Waals surface area contributed by atoms with E-state index in [0.29, 0.717) is 38.1 Å². The predicted octanol–water partition coefficient (Wildman–Crippen LogP) is 7.35. The third-order valence-corrected chi connectivity index (χ3v) is 10.9. The Balaban J connectivity index is 1.30. The van der Waals surface area contributed by atoms with E-state index in [-0.39, 0.29) is 43.2 Å². The molecule has 0 aliphatic heterocycles. The molecule has 280 valence electrons. The number of aryl methyl sites for hydroxylation is 1. The van der Waals surface area contributed by atoms with Crippen LogP contribution in [-0.4, -0.2) is 61.5 Å². The lowest BCUT2D eigenvalue weighted by atomic mass is 9.86. The van der Waals surface area contributed by atoms with Crippen molar-refractivity contribution in [2.45, 2.75) is 83.5 Å². The van der Waals surface area contributed by atoms with E-state index in [4.69, 9.17) is 4.74 Å². The highest BCUT2D eigenvalue weighted by Gasteiger charge is 2.28. The fourth-order valence-corrected chi connectivity index (χ4v) is 7.46. The van der Waals surface area contributed by atoms with Crippen LogP contribution < -0.4 is 10.6 Å². The van der Waals surface area contributed by atoms with Gasteiger partial charge in [0.1, 0.15) is 6.61 Å². The van der Waals surface area contributed by atoms with E-state index in [1.165, 1.54) is 11.3 Å². The molecule has 0 spiro atoms. The molecule has 11 nitrogen and oxygen atoms in total. The number of benzene rings is 2. The lowest BCUT2D eigenvalue weighted by Crippen LogP contribution is -2.48. The zero-order chi connectivity index (χ0) is 37.6. The van der Waals surface area contributed by atoms with Crippen LogP contribution in [0.4, 0.5) is 9.59 Å². The summed E-state index contributed by atoms with van der Waals surface area (Å²) in [6.07, 6.45) is 7.86. The van der Waals surface area contributed by atoms with E-state index in [0.717, 1.165) is 32.4 Å². The molecule has 2 aromatic carbocycles. The highest BCUT2D eigenvalue weighted by Crippen LogP contribution is 2.23. The van der Waals surface area contributed by atoms with Crippen LogP contribution >= 0.6 is 22.7 Å². The van der Waals surface area contributed by atoms with Crippen molar-refractivity contribution in [3.05, 3.63) is 123 Å². The van der Waals surface area contributed by atoms with Crippen LogP contribution in [0.3, 0.4) is 0 Å². The number of rotatable bonds is 19. The van der Waals surface area contributed by atoms with Crippen LogP contribution in [0, 0.1) is 5.92 Å². The van der Waals surface area contributed by atoms with Crippen LogP contribution in [0.15, 0.2) is 90.3 Å². The third kappa shape index (κ3) is 12.9. The number of carbonyl (C=O) groups is 3. The number of amides is 3. The summed E-state index contributed by atoms with van der Waals surface area (Å²) in [4.78, 5) is 56.4. The number of hydrogen-bond donors (Lipinski definition) is 2. The van der Waals surface area contributed by atoms with E-state index >= 15 is 0 Å². The topological polar surface area (TPSA) is 131 Å². The number of hydrogen-bond acceptors (Lipinski definition) is 9. The zero-order valence-electron chi connectivity index (χ0n) is 30.8. The summed E-state index contributed by atoms with van der Waals surface area (Å²) in [7, 11) is 3.59. The molecular weight excluding hydrogens is 707 g/mol. The van der Waals surface area contributed by atoms with Gasteiger partial charge in [-0.2, -0.15) is 0 Å². The standard InChI is InChI=1S/C40H49N7O4S2/c1-28(2)38-43-34(25-52-38)23-47(4)39(49)45-36(20-33-22-46(3)26-42-33)37(48)19-31(17-29-11-7-5-8-12-29)15-16-32(18-30-13-9-6-10-14-30)44-40(50)51-24-35-21-41-27-53-35/h5-14,21-22,25-28,31-32,36H,15-20,23-24H2,1-4H3,(H,44,50)(H,45,49)/t31-,32-,36+/m1/s1. The molecule has 13 heteroatoms. The number of alkyl carbamates (subject to hydrolysis) is 1. The van der Waals surface area contributed by atoms with Gasteiger partial charge in [0, 0.05) is 56.7 Å². The van der Waals surface area contributed by atoms with Gasteiger partial charge in [0.25, 0.3) is 0 Å². The van der Waals surface area contributed by atoms with Crippen LogP contribution in [-0.2, 0) is 49.0 Å². The number of urea groups is 1. The van der Waals surface area contributed by atoms with Crippen molar-refractivity contribution in [1.82, 2.24) is 35.1 Å². The molecule has 53 heavy (non-hydrogen) atoms. The molecule has 0 aliphatic rings. The molecule has 3 atom stereocenters. The summed E-state index contributed by atoms with van der Waals surface area (Å²) in [6, 6.07) is 18.8. The van der Waals surface area contributed by atoms with E-state index < -0.39 is 12.1 Å². The molecule has 3 heterocycles. The molecule has 0 saturated carbocycles. The summed E-state index contributed by atoms with van der Waals surface area (Å²) in [6.45, 7) is 4.68. The molecule has 3 aromatic heterocycles. The normalized spacial score (nSPS) is 12.9. The Bertz CT molecular complexity index is 1860. The van der Waals surface area contributed by atoms with Crippen LogP contribution in [0.5, 0.6) is 0 Å². The van der Waals surface area contributed by atoms with Gasteiger partial charge in [-0.1, -0.05) is 74.5 Å². The molecule has 5 rings (SSSR count). The summed E-state index contributed by atoms with van der Waals surface area (Å²) in [5.74, 6) is 0.193. The average molecular weight is 756 g/mol. The Kier molecular flexibility index (Phi) is 14.7. The lowest BCUT2D eigenvalue weighted by Gasteiger charge is -2.25. The number of thiazole rings is 2. The number of imidazole rings is 1. The second-order valence-electron chi connectivity index (χ2n) is 13.8.